The van der Waals surface area contributed by atoms with Crippen molar-refractivity contribution < 1.29 is 9.21 Å². The number of benzene rings is 2. The summed E-state index contributed by atoms with van der Waals surface area (Å²) < 4.78 is 6.63. The molecule has 2 aromatic carbocycles. The molecule has 3 aromatic rings. The van der Waals surface area contributed by atoms with Crippen LogP contribution >= 0.6 is 0 Å². The van der Waals surface area contributed by atoms with E-state index < -0.39 is 11.8 Å². The number of hydrogen-bond donors (Lipinski definition) is 1. The molecule has 0 bridgehead atoms. The van der Waals surface area contributed by atoms with Gasteiger partial charge in [0.15, 0.2) is 5.58 Å². The van der Waals surface area contributed by atoms with Crippen LogP contribution in [-0.4, -0.2) is 10.5 Å². The normalized spacial score (nSPS) is 17.6. The lowest BCUT2D eigenvalue weighted by Gasteiger charge is -2.18. The first kappa shape index (κ1) is 14.8. The zero-order valence-electron chi connectivity index (χ0n) is 13.4. The zero-order chi connectivity index (χ0) is 16.7. The fraction of sp³-hybridized carbons (Fsp3) is 0.263. The fourth-order valence-electron chi connectivity index (χ4n) is 3.47. The molecule has 1 aromatic heterocycles. The van der Waals surface area contributed by atoms with Gasteiger partial charge in [-0.15, -0.1) is 0 Å². The van der Waals surface area contributed by atoms with Gasteiger partial charge in [0, 0.05) is 0 Å². The first-order valence-corrected chi connectivity index (χ1v) is 8.13. The fourth-order valence-corrected chi connectivity index (χ4v) is 3.47. The van der Waals surface area contributed by atoms with Crippen molar-refractivity contribution in [2.24, 2.45) is 0 Å². The summed E-state index contributed by atoms with van der Waals surface area (Å²) in [5.41, 5.74) is 3.58. The van der Waals surface area contributed by atoms with Gasteiger partial charge in [-0.2, -0.15) is 0 Å². The number of rotatable bonds is 3. The number of nitrogens with zero attached hydrogens (tertiary/aromatic N) is 1. The highest BCUT2D eigenvalue weighted by Gasteiger charge is 2.27. The maximum absolute atomic E-state index is 12.7. The Morgan fingerprint density at radius 1 is 1.21 bits per heavy atom. The highest BCUT2D eigenvalue weighted by molar-refractivity contribution is 5.83. The average molecular weight is 322 g/mol. The first-order valence-electron chi connectivity index (χ1n) is 8.13. The Morgan fingerprint density at radius 2 is 1.96 bits per heavy atom. The Morgan fingerprint density at radius 3 is 2.83 bits per heavy atom. The summed E-state index contributed by atoms with van der Waals surface area (Å²) >= 11 is 0. The minimum Gasteiger partial charge on any atom is -0.408 e. The van der Waals surface area contributed by atoms with Crippen LogP contribution in [0.5, 0.6) is 0 Å². The zero-order valence-corrected chi connectivity index (χ0v) is 13.4. The Hall–Kier alpha value is -2.82. The van der Waals surface area contributed by atoms with Gasteiger partial charge in [0.25, 0.3) is 0 Å². The summed E-state index contributed by atoms with van der Waals surface area (Å²) in [5, 5.41) is 3.07. The van der Waals surface area contributed by atoms with Crippen LogP contribution in [0.1, 0.15) is 36.6 Å². The van der Waals surface area contributed by atoms with Crippen molar-refractivity contribution in [3.8, 4) is 0 Å². The number of carbonyl (C=O) groups excluding carboxylic acids is 1. The van der Waals surface area contributed by atoms with E-state index in [1.807, 2.05) is 18.2 Å². The number of carbonyl (C=O) groups is 1. The van der Waals surface area contributed by atoms with E-state index in [0.29, 0.717) is 11.1 Å². The molecule has 4 rings (SSSR count). The highest BCUT2D eigenvalue weighted by atomic mass is 16.4. The number of para-hydroxylation sites is 2. The number of amides is 1. The molecule has 1 aliphatic rings. The van der Waals surface area contributed by atoms with Crippen molar-refractivity contribution in [1.29, 1.82) is 0 Å². The molecule has 0 saturated carbocycles. The minimum atomic E-state index is -0.631. The second-order valence-corrected chi connectivity index (χ2v) is 6.18. The SMILES string of the molecule is CC(C(=O)NC1CCc2ccccc21)n1c(=O)oc2ccccc21. The van der Waals surface area contributed by atoms with Crippen LogP contribution in [-0.2, 0) is 11.2 Å². The number of hydrogen-bond acceptors (Lipinski definition) is 3. The maximum atomic E-state index is 12.7. The van der Waals surface area contributed by atoms with Crippen LogP contribution in [0.15, 0.2) is 57.7 Å². The summed E-state index contributed by atoms with van der Waals surface area (Å²) in [4.78, 5) is 24.8. The molecule has 5 heteroatoms. The summed E-state index contributed by atoms with van der Waals surface area (Å²) in [6.07, 6.45) is 1.85. The topological polar surface area (TPSA) is 64.2 Å². The van der Waals surface area contributed by atoms with Crippen LogP contribution in [0.4, 0.5) is 0 Å². The number of nitrogens with one attached hydrogen (secondary N) is 1. The lowest BCUT2D eigenvalue weighted by atomic mass is 10.1. The number of oxazole rings is 1. The van der Waals surface area contributed by atoms with E-state index in [4.69, 9.17) is 4.42 Å². The van der Waals surface area contributed by atoms with E-state index in [-0.39, 0.29) is 11.9 Å². The third-order valence-corrected chi connectivity index (χ3v) is 4.73. The first-order chi connectivity index (χ1) is 11.6. The molecular formula is C19H18N2O3. The van der Waals surface area contributed by atoms with Gasteiger partial charge in [0.2, 0.25) is 5.91 Å². The molecule has 5 nitrogen and oxygen atoms in total. The minimum absolute atomic E-state index is 0.00465. The Kier molecular flexibility index (Phi) is 3.49. The number of aryl methyl sites for hydroxylation is 1. The Balaban J connectivity index is 1.61. The van der Waals surface area contributed by atoms with E-state index in [1.165, 1.54) is 15.7 Å². The van der Waals surface area contributed by atoms with Gasteiger partial charge in [-0.3, -0.25) is 9.36 Å². The number of fused-ring (bicyclic) bond motifs is 2. The maximum Gasteiger partial charge on any atom is 0.420 e. The van der Waals surface area contributed by atoms with Crippen molar-refractivity contribution in [1.82, 2.24) is 9.88 Å². The molecule has 2 unspecified atom stereocenters. The quantitative estimate of drug-likeness (QED) is 0.806. The summed E-state index contributed by atoms with van der Waals surface area (Å²) in [7, 11) is 0. The molecule has 0 fully saturated rings. The van der Waals surface area contributed by atoms with Gasteiger partial charge >= 0.3 is 5.76 Å². The molecular weight excluding hydrogens is 304 g/mol. The summed E-state index contributed by atoms with van der Waals surface area (Å²) in [6.45, 7) is 1.72. The summed E-state index contributed by atoms with van der Waals surface area (Å²) in [5.74, 6) is -0.684. The largest absolute Gasteiger partial charge is 0.420 e. The molecule has 24 heavy (non-hydrogen) atoms. The van der Waals surface area contributed by atoms with Gasteiger partial charge in [0.05, 0.1) is 11.6 Å². The predicted molar refractivity (Wildman–Crippen MR) is 90.8 cm³/mol. The van der Waals surface area contributed by atoms with Gasteiger partial charge < -0.3 is 9.73 Å². The predicted octanol–water partition coefficient (Wildman–Crippen LogP) is 2.96. The van der Waals surface area contributed by atoms with E-state index >= 15 is 0 Å². The van der Waals surface area contributed by atoms with E-state index in [9.17, 15) is 9.59 Å². The molecule has 1 N–H and O–H groups in total. The molecule has 0 saturated heterocycles. The smallest absolute Gasteiger partial charge is 0.408 e. The highest BCUT2D eigenvalue weighted by Crippen LogP contribution is 2.31. The van der Waals surface area contributed by atoms with E-state index in [2.05, 4.69) is 17.4 Å². The Labute approximate surface area is 138 Å². The van der Waals surface area contributed by atoms with Crippen LogP contribution in [0, 0.1) is 0 Å². The van der Waals surface area contributed by atoms with Crippen LogP contribution in [0.25, 0.3) is 11.1 Å². The molecule has 1 aliphatic carbocycles. The molecule has 1 amide bonds. The van der Waals surface area contributed by atoms with E-state index in [1.54, 1.807) is 25.1 Å². The lowest BCUT2D eigenvalue weighted by molar-refractivity contribution is -0.124. The molecule has 122 valence electrons. The molecule has 0 aliphatic heterocycles. The van der Waals surface area contributed by atoms with Crippen molar-refractivity contribution >= 4 is 17.0 Å². The van der Waals surface area contributed by atoms with Crippen molar-refractivity contribution in [2.75, 3.05) is 0 Å². The second-order valence-electron chi connectivity index (χ2n) is 6.18. The summed E-state index contributed by atoms with van der Waals surface area (Å²) in [6, 6.07) is 14.7. The van der Waals surface area contributed by atoms with Gasteiger partial charge in [-0.1, -0.05) is 36.4 Å². The standard InChI is InChI=1S/C19H18N2O3/c1-12(21-16-8-4-5-9-17(16)24-19(21)23)18(22)20-15-11-10-13-6-2-3-7-14(13)15/h2-9,12,15H,10-11H2,1H3,(H,20,22). The van der Waals surface area contributed by atoms with Crippen LogP contribution in [0.3, 0.4) is 0 Å². The number of aromatic nitrogens is 1. The third kappa shape index (κ3) is 2.33. The van der Waals surface area contributed by atoms with Crippen LogP contribution < -0.4 is 11.1 Å². The Bertz CT molecular complexity index is 970. The average Bonchev–Trinajstić information content (AvgIpc) is 3.14. The molecule has 1 heterocycles. The van der Waals surface area contributed by atoms with Gasteiger partial charge in [-0.25, -0.2) is 4.79 Å². The third-order valence-electron chi connectivity index (χ3n) is 4.73. The lowest BCUT2D eigenvalue weighted by Crippen LogP contribution is -2.36. The van der Waals surface area contributed by atoms with Crippen molar-refractivity contribution in [3.63, 3.8) is 0 Å². The molecule has 0 radical (unpaired) electrons. The van der Waals surface area contributed by atoms with Crippen molar-refractivity contribution in [3.05, 3.63) is 70.2 Å². The second kappa shape index (κ2) is 5.67. The van der Waals surface area contributed by atoms with Gasteiger partial charge in [0.1, 0.15) is 6.04 Å². The monoisotopic (exact) mass is 322 g/mol. The van der Waals surface area contributed by atoms with Gasteiger partial charge in [-0.05, 0) is 43.0 Å². The van der Waals surface area contributed by atoms with Crippen molar-refractivity contribution in [2.45, 2.75) is 31.8 Å². The van der Waals surface area contributed by atoms with E-state index in [0.717, 1.165) is 12.8 Å². The molecule has 0 spiro atoms. The molecule has 2 atom stereocenters. The van der Waals surface area contributed by atoms with Crippen LogP contribution in [0.2, 0.25) is 0 Å².